The van der Waals surface area contributed by atoms with Gasteiger partial charge in [-0.15, -0.1) is 0 Å². The molecule has 0 aliphatic carbocycles. The molecule has 3 aromatic carbocycles. The van der Waals surface area contributed by atoms with Gasteiger partial charge in [-0.05, 0) is 60.5 Å². The first-order valence-electron chi connectivity index (χ1n) is 9.67. The zero-order chi connectivity index (χ0) is 23.1. The Morgan fingerprint density at radius 3 is 2.44 bits per heavy atom. The van der Waals surface area contributed by atoms with Crippen molar-refractivity contribution < 1.29 is 19.4 Å². The maximum absolute atomic E-state index is 12.5. The number of benzene rings is 3. The number of hydrogen-bond donors (Lipinski definition) is 2. The molecule has 7 heteroatoms. The van der Waals surface area contributed by atoms with Gasteiger partial charge in [-0.3, -0.25) is 4.79 Å². The van der Waals surface area contributed by atoms with E-state index in [0.717, 1.165) is 5.56 Å². The van der Waals surface area contributed by atoms with Crippen LogP contribution in [0.2, 0.25) is 0 Å². The van der Waals surface area contributed by atoms with Crippen molar-refractivity contribution in [1.29, 1.82) is 5.26 Å². The predicted molar refractivity (Wildman–Crippen MR) is 127 cm³/mol. The number of phenolic OH excluding ortho intramolecular Hbond substituents is 1. The summed E-state index contributed by atoms with van der Waals surface area (Å²) in [7, 11) is 1.53. The van der Waals surface area contributed by atoms with Crippen molar-refractivity contribution >= 4 is 33.6 Å². The average molecular weight is 493 g/mol. The number of nitriles is 1. The fourth-order valence-electron chi connectivity index (χ4n) is 2.83. The van der Waals surface area contributed by atoms with Crippen LogP contribution in [0, 0.1) is 18.3 Å². The highest BCUT2D eigenvalue weighted by Crippen LogP contribution is 2.35. The van der Waals surface area contributed by atoms with Gasteiger partial charge in [0, 0.05) is 10.2 Å². The first-order valence-corrected chi connectivity index (χ1v) is 10.5. The van der Waals surface area contributed by atoms with Crippen LogP contribution >= 0.6 is 15.9 Å². The van der Waals surface area contributed by atoms with E-state index in [1.54, 1.807) is 24.3 Å². The van der Waals surface area contributed by atoms with E-state index in [-0.39, 0.29) is 11.3 Å². The van der Waals surface area contributed by atoms with Crippen molar-refractivity contribution in [2.24, 2.45) is 0 Å². The first-order chi connectivity index (χ1) is 15.4. The Hall–Kier alpha value is -3.76. The molecule has 0 fully saturated rings. The summed E-state index contributed by atoms with van der Waals surface area (Å²) in [5.74, 6) is 0.524. The van der Waals surface area contributed by atoms with Crippen molar-refractivity contribution in [2.75, 3.05) is 12.4 Å². The van der Waals surface area contributed by atoms with Gasteiger partial charge in [0.1, 0.15) is 24.0 Å². The second-order valence-corrected chi connectivity index (χ2v) is 7.82. The molecule has 0 heterocycles. The summed E-state index contributed by atoms with van der Waals surface area (Å²) in [6.45, 7) is 2.40. The molecular weight excluding hydrogens is 472 g/mol. The number of phenols is 1. The van der Waals surface area contributed by atoms with Crippen LogP contribution in [-0.4, -0.2) is 18.1 Å². The monoisotopic (exact) mass is 492 g/mol. The molecule has 6 nitrogen and oxygen atoms in total. The normalized spacial score (nSPS) is 10.9. The number of aromatic hydroxyl groups is 1. The molecule has 162 valence electrons. The lowest BCUT2D eigenvalue weighted by molar-refractivity contribution is -0.112. The number of ether oxygens (including phenoxy) is 2. The van der Waals surface area contributed by atoms with Gasteiger partial charge in [-0.2, -0.15) is 5.26 Å². The highest BCUT2D eigenvalue weighted by molar-refractivity contribution is 9.10. The molecule has 0 unspecified atom stereocenters. The third-order valence-corrected chi connectivity index (χ3v) is 5.27. The van der Waals surface area contributed by atoms with Gasteiger partial charge in [0.15, 0.2) is 11.5 Å². The molecule has 0 saturated heterocycles. The summed E-state index contributed by atoms with van der Waals surface area (Å²) < 4.78 is 12.0. The highest BCUT2D eigenvalue weighted by atomic mass is 79.9. The number of rotatable bonds is 7. The molecule has 1 amide bonds. The number of carbonyl (C=O) groups excluding carboxylic acids is 1. The van der Waals surface area contributed by atoms with Crippen LogP contribution in [0.15, 0.2) is 70.7 Å². The van der Waals surface area contributed by atoms with Crippen LogP contribution in [0.5, 0.6) is 17.2 Å². The number of halogens is 1. The van der Waals surface area contributed by atoms with Crippen molar-refractivity contribution in [3.63, 3.8) is 0 Å². The Kier molecular flexibility index (Phi) is 7.53. The summed E-state index contributed by atoms with van der Waals surface area (Å²) >= 11 is 3.48. The Bertz CT molecular complexity index is 1180. The number of amides is 1. The summed E-state index contributed by atoms with van der Waals surface area (Å²) in [6, 6.07) is 19.4. The van der Waals surface area contributed by atoms with E-state index in [9.17, 15) is 15.2 Å². The van der Waals surface area contributed by atoms with E-state index in [2.05, 4.69) is 21.2 Å². The van der Waals surface area contributed by atoms with Gasteiger partial charge >= 0.3 is 0 Å². The average Bonchev–Trinajstić information content (AvgIpc) is 2.79. The number of aryl methyl sites for hydroxylation is 1. The minimum atomic E-state index is -0.566. The van der Waals surface area contributed by atoms with Crippen molar-refractivity contribution in [3.8, 4) is 23.3 Å². The molecule has 0 aliphatic heterocycles. The van der Waals surface area contributed by atoms with E-state index in [4.69, 9.17) is 9.47 Å². The minimum absolute atomic E-state index is 0.0831. The van der Waals surface area contributed by atoms with Crippen LogP contribution in [0.25, 0.3) is 6.08 Å². The van der Waals surface area contributed by atoms with E-state index >= 15 is 0 Å². The lowest BCUT2D eigenvalue weighted by atomic mass is 10.1. The Morgan fingerprint density at radius 2 is 1.81 bits per heavy atom. The molecule has 2 N–H and O–H groups in total. The van der Waals surface area contributed by atoms with E-state index in [1.165, 1.54) is 30.9 Å². The number of methoxy groups -OCH3 is 1. The van der Waals surface area contributed by atoms with Crippen LogP contribution in [-0.2, 0) is 11.4 Å². The van der Waals surface area contributed by atoms with Crippen molar-refractivity contribution in [2.45, 2.75) is 13.5 Å². The Balaban J connectivity index is 1.80. The van der Waals surface area contributed by atoms with Crippen molar-refractivity contribution in [1.82, 2.24) is 0 Å². The molecular formula is C25H21BrN2O4. The summed E-state index contributed by atoms with van der Waals surface area (Å²) in [5, 5.41) is 21.5. The highest BCUT2D eigenvalue weighted by Gasteiger charge is 2.14. The van der Waals surface area contributed by atoms with Crippen LogP contribution in [0.1, 0.15) is 16.7 Å². The zero-order valence-corrected chi connectivity index (χ0v) is 19.1. The topological polar surface area (TPSA) is 91.6 Å². The fraction of sp³-hybridized carbons (Fsp3) is 0.120. The second-order valence-electron chi connectivity index (χ2n) is 6.97. The predicted octanol–water partition coefficient (Wildman–Crippen LogP) is 5.60. The Morgan fingerprint density at radius 1 is 1.12 bits per heavy atom. The molecule has 32 heavy (non-hydrogen) atoms. The van der Waals surface area contributed by atoms with Gasteiger partial charge < -0.3 is 19.9 Å². The number of nitrogens with zero attached hydrogens (tertiary/aromatic N) is 1. The Labute approximate surface area is 194 Å². The first kappa shape index (κ1) is 22.9. The minimum Gasteiger partial charge on any atom is -0.508 e. The quantitative estimate of drug-likeness (QED) is 0.254. The summed E-state index contributed by atoms with van der Waals surface area (Å²) in [5.41, 5.74) is 3.16. The molecule has 0 bridgehead atoms. The molecule has 0 aromatic heterocycles. The number of nitrogens with one attached hydrogen (secondary N) is 1. The van der Waals surface area contributed by atoms with Gasteiger partial charge in [-0.25, -0.2) is 0 Å². The van der Waals surface area contributed by atoms with Gasteiger partial charge in [0.05, 0.1) is 7.11 Å². The van der Waals surface area contributed by atoms with Gasteiger partial charge in [-0.1, -0.05) is 45.8 Å². The second kappa shape index (κ2) is 10.5. The third-order valence-electron chi connectivity index (χ3n) is 4.59. The smallest absolute Gasteiger partial charge is 0.266 e. The molecule has 0 saturated carbocycles. The van der Waals surface area contributed by atoms with E-state index in [0.29, 0.717) is 33.8 Å². The molecule has 0 atom stereocenters. The molecule has 3 rings (SSSR count). The molecule has 0 spiro atoms. The largest absolute Gasteiger partial charge is 0.508 e. The third kappa shape index (κ3) is 5.90. The summed E-state index contributed by atoms with van der Waals surface area (Å²) in [6.07, 6.45) is 1.46. The van der Waals surface area contributed by atoms with Crippen LogP contribution in [0.4, 0.5) is 5.69 Å². The molecule has 0 aliphatic rings. The maximum atomic E-state index is 12.5. The molecule has 3 aromatic rings. The number of anilines is 1. The standard InChI is InChI=1S/C25H21BrN2O4/c1-16-3-5-17(6-4-16)15-32-24-13-22(26)18(12-23(24)31-2)11-19(14-27)25(30)28-20-7-9-21(29)10-8-20/h3-13,29H,15H2,1-2H3,(H,28,30)/b19-11+. The SMILES string of the molecule is COc1cc(/C=C(\C#N)C(=O)Nc2ccc(O)cc2)c(Br)cc1OCc1ccc(C)cc1. The summed E-state index contributed by atoms with van der Waals surface area (Å²) in [4.78, 5) is 12.5. The number of carbonyl (C=O) groups is 1. The molecule has 0 radical (unpaired) electrons. The van der Waals surface area contributed by atoms with E-state index in [1.807, 2.05) is 37.3 Å². The van der Waals surface area contributed by atoms with Crippen molar-refractivity contribution in [3.05, 3.63) is 87.4 Å². The van der Waals surface area contributed by atoms with Gasteiger partial charge in [0.25, 0.3) is 5.91 Å². The van der Waals surface area contributed by atoms with Crippen LogP contribution < -0.4 is 14.8 Å². The lowest BCUT2D eigenvalue weighted by Crippen LogP contribution is -2.13. The fourth-order valence-corrected chi connectivity index (χ4v) is 3.26. The van der Waals surface area contributed by atoms with Gasteiger partial charge in [0.2, 0.25) is 0 Å². The maximum Gasteiger partial charge on any atom is 0.266 e. The zero-order valence-electron chi connectivity index (χ0n) is 17.6. The number of hydrogen-bond acceptors (Lipinski definition) is 5. The van der Waals surface area contributed by atoms with E-state index < -0.39 is 5.91 Å². The lowest BCUT2D eigenvalue weighted by Gasteiger charge is -2.13. The van der Waals surface area contributed by atoms with Crippen LogP contribution in [0.3, 0.4) is 0 Å².